The summed E-state index contributed by atoms with van der Waals surface area (Å²) in [5.74, 6) is 0.749. The van der Waals surface area contributed by atoms with E-state index in [9.17, 15) is 13.2 Å². The highest BCUT2D eigenvalue weighted by molar-refractivity contribution is 7.80. The fourth-order valence-corrected chi connectivity index (χ4v) is 4.01. The van der Waals surface area contributed by atoms with E-state index in [4.69, 9.17) is 8.97 Å². The molecule has 144 valence electrons. The van der Waals surface area contributed by atoms with E-state index in [1.54, 1.807) is 0 Å². The number of amides is 2. The van der Waals surface area contributed by atoms with Crippen LogP contribution in [0.4, 0.5) is 4.79 Å². The van der Waals surface area contributed by atoms with E-state index in [1.165, 1.54) is 4.90 Å². The van der Waals surface area contributed by atoms with Crippen LogP contribution >= 0.6 is 0 Å². The lowest BCUT2D eigenvalue weighted by Gasteiger charge is -2.27. The lowest BCUT2D eigenvalue weighted by Crippen LogP contribution is -2.35. The molecule has 2 amide bonds. The van der Waals surface area contributed by atoms with Crippen LogP contribution in [0.5, 0.6) is 0 Å². The van der Waals surface area contributed by atoms with E-state index in [-0.39, 0.29) is 6.54 Å². The number of hydrogen-bond donors (Lipinski definition) is 3. The van der Waals surface area contributed by atoms with E-state index in [2.05, 4.69) is 25.1 Å². The average molecular weight is 388 g/mol. The largest absolute Gasteiger partial charge is 0.422 e. The van der Waals surface area contributed by atoms with Crippen LogP contribution in [0.1, 0.15) is 37.1 Å². The number of carbonyl (C=O) groups is 1. The maximum absolute atomic E-state index is 12.4. The summed E-state index contributed by atoms with van der Waals surface area (Å²) >= 11 is 0. The van der Waals surface area contributed by atoms with Gasteiger partial charge in [-0.15, -0.1) is 14.5 Å². The molecule has 0 aliphatic carbocycles. The second-order valence-corrected chi connectivity index (χ2v) is 7.62. The van der Waals surface area contributed by atoms with Gasteiger partial charge >= 0.3 is 16.4 Å². The van der Waals surface area contributed by atoms with Crippen LogP contribution in [0.2, 0.25) is 0 Å². The van der Waals surface area contributed by atoms with Gasteiger partial charge < -0.3 is 20.0 Å². The number of carbonyl (C=O) groups excluding carboxylic acids is 1. The van der Waals surface area contributed by atoms with Crippen molar-refractivity contribution in [3.8, 4) is 0 Å². The fourth-order valence-electron chi connectivity index (χ4n) is 3.62. The van der Waals surface area contributed by atoms with Gasteiger partial charge in [0.25, 0.3) is 0 Å². The Morgan fingerprint density at radius 2 is 2.19 bits per heavy atom. The van der Waals surface area contributed by atoms with Gasteiger partial charge in [-0.25, -0.2) is 4.79 Å². The molecule has 4 heterocycles. The SMILES string of the molecule is O=C1N2CC(CCC2c2nnc(CNC3CCNC3)o2)N1OS(=O)(=O)O. The number of hydrogen-bond acceptors (Lipinski definition) is 9. The molecule has 3 saturated heterocycles. The highest BCUT2D eigenvalue weighted by atomic mass is 32.3. The second kappa shape index (κ2) is 6.74. The summed E-state index contributed by atoms with van der Waals surface area (Å²) in [4.78, 5) is 13.8. The lowest BCUT2D eigenvalue weighted by molar-refractivity contribution is -0.0317. The van der Waals surface area contributed by atoms with Crippen molar-refractivity contribution in [2.45, 2.75) is 43.9 Å². The van der Waals surface area contributed by atoms with Gasteiger partial charge in [-0.05, 0) is 25.8 Å². The molecule has 3 aliphatic heterocycles. The molecule has 4 rings (SSSR count). The Morgan fingerprint density at radius 3 is 2.92 bits per heavy atom. The molecule has 1 aromatic heterocycles. The predicted molar refractivity (Wildman–Crippen MR) is 84.8 cm³/mol. The molecule has 0 spiro atoms. The summed E-state index contributed by atoms with van der Waals surface area (Å²) in [5.41, 5.74) is 0. The Balaban J connectivity index is 1.42. The van der Waals surface area contributed by atoms with Gasteiger partial charge in [-0.1, -0.05) is 0 Å². The third kappa shape index (κ3) is 3.53. The molecule has 2 bridgehead atoms. The van der Waals surface area contributed by atoms with Crippen molar-refractivity contribution in [2.24, 2.45) is 0 Å². The first-order valence-corrected chi connectivity index (χ1v) is 9.80. The molecule has 26 heavy (non-hydrogen) atoms. The Morgan fingerprint density at radius 1 is 1.35 bits per heavy atom. The molecule has 0 aromatic carbocycles. The van der Waals surface area contributed by atoms with Crippen LogP contribution in [-0.2, 0) is 21.2 Å². The first kappa shape index (κ1) is 17.6. The Kier molecular flexibility index (Phi) is 4.56. The summed E-state index contributed by atoms with van der Waals surface area (Å²) in [6.45, 7) is 2.59. The van der Waals surface area contributed by atoms with Gasteiger partial charge in [-0.2, -0.15) is 13.5 Å². The molecular formula is C13H20N6O6S. The third-order valence-electron chi connectivity index (χ3n) is 4.87. The van der Waals surface area contributed by atoms with E-state index in [0.717, 1.165) is 19.5 Å². The van der Waals surface area contributed by atoms with Gasteiger partial charge in [0.15, 0.2) is 0 Å². The number of hydroxylamine groups is 2. The maximum atomic E-state index is 12.4. The molecule has 13 heteroatoms. The zero-order valence-electron chi connectivity index (χ0n) is 13.9. The average Bonchev–Trinajstić information content (AvgIpc) is 3.31. The maximum Gasteiger partial charge on any atom is 0.418 e. The van der Waals surface area contributed by atoms with Crippen molar-refractivity contribution in [1.29, 1.82) is 0 Å². The number of rotatable bonds is 6. The summed E-state index contributed by atoms with van der Waals surface area (Å²) in [7, 11) is -4.76. The number of urea groups is 1. The third-order valence-corrected chi connectivity index (χ3v) is 5.22. The van der Waals surface area contributed by atoms with E-state index >= 15 is 0 Å². The normalized spacial score (nSPS) is 29.0. The Bertz CT molecular complexity index is 778. The van der Waals surface area contributed by atoms with Gasteiger partial charge in [-0.3, -0.25) is 4.55 Å². The van der Waals surface area contributed by atoms with E-state index in [1.807, 2.05) is 0 Å². The van der Waals surface area contributed by atoms with Gasteiger partial charge in [0.05, 0.1) is 12.6 Å². The molecule has 0 saturated carbocycles. The van der Waals surface area contributed by atoms with E-state index < -0.39 is 28.5 Å². The monoisotopic (exact) mass is 388 g/mol. The molecule has 12 nitrogen and oxygen atoms in total. The van der Waals surface area contributed by atoms with Crippen LogP contribution in [0.25, 0.3) is 0 Å². The zero-order valence-corrected chi connectivity index (χ0v) is 14.7. The van der Waals surface area contributed by atoms with Crippen LogP contribution in [0, 0.1) is 0 Å². The highest BCUT2D eigenvalue weighted by Crippen LogP contribution is 2.38. The van der Waals surface area contributed by atoms with Crippen molar-refractivity contribution >= 4 is 16.4 Å². The minimum absolute atomic E-state index is 0.267. The van der Waals surface area contributed by atoms with Crippen LogP contribution < -0.4 is 10.6 Å². The molecule has 3 unspecified atom stereocenters. The number of nitrogens with zero attached hydrogens (tertiary/aromatic N) is 4. The number of nitrogens with one attached hydrogen (secondary N) is 2. The van der Waals surface area contributed by atoms with Crippen LogP contribution in [0.3, 0.4) is 0 Å². The first-order chi connectivity index (χ1) is 12.4. The van der Waals surface area contributed by atoms with Crippen molar-refractivity contribution in [2.75, 3.05) is 19.6 Å². The molecule has 3 atom stereocenters. The minimum Gasteiger partial charge on any atom is -0.422 e. The predicted octanol–water partition coefficient (Wildman–Crippen LogP) is -0.803. The van der Waals surface area contributed by atoms with Crippen molar-refractivity contribution in [1.82, 2.24) is 30.8 Å². The van der Waals surface area contributed by atoms with Gasteiger partial charge in [0.1, 0.15) is 6.04 Å². The smallest absolute Gasteiger partial charge is 0.418 e. The molecule has 3 aliphatic rings. The molecule has 1 aromatic rings. The first-order valence-electron chi connectivity index (χ1n) is 8.44. The number of aromatic nitrogens is 2. The number of piperidine rings is 1. The van der Waals surface area contributed by atoms with Crippen LogP contribution in [0.15, 0.2) is 4.42 Å². The van der Waals surface area contributed by atoms with Gasteiger partial charge in [0, 0.05) is 19.1 Å². The van der Waals surface area contributed by atoms with E-state index in [0.29, 0.717) is 42.3 Å². The Labute approximate surface area is 149 Å². The van der Waals surface area contributed by atoms with Gasteiger partial charge in [0.2, 0.25) is 11.8 Å². The fraction of sp³-hybridized carbons (Fsp3) is 0.769. The highest BCUT2D eigenvalue weighted by Gasteiger charge is 2.49. The molecule has 0 radical (unpaired) electrons. The topological polar surface area (TPSA) is 150 Å². The second-order valence-electron chi connectivity index (χ2n) is 6.61. The summed E-state index contributed by atoms with van der Waals surface area (Å²) in [5, 5.41) is 15.3. The zero-order chi connectivity index (χ0) is 18.3. The quantitative estimate of drug-likeness (QED) is 0.528. The van der Waals surface area contributed by atoms with Crippen molar-refractivity contribution < 1.29 is 26.5 Å². The summed E-state index contributed by atoms with van der Waals surface area (Å²) < 4.78 is 40.8. The Hall–Kier alpha value is -1.80. The molecule has 3 fully saturated rings. The minimum atomic E-state index is -4.76. The number of fused-ring (bicyclic) bond motifs is 2. The summed E-state index contributed by atoms with van der Waals surface area (Å²) in [6, 6.07) is -1.17. The molecular weight excluding hydrogens is 368 g/mol. The standard InChI is InChI=1S/C13H20N6O6S/c20-13-18-7-9(19(13)25-26(21,22)23)1-2-10(18)12-17-16-11(24-12)6-15-8-3-4-14-5-8/h8-10,14-15H,1-7H2,(H,21,22,23). The lowest BCUT2D eigenvalue weighted by atomic mass is 10.0. The summed E-state index contributed by atoms with van der Waals surface area (Å²) in [6.07, 6.45) is 2.06. The van der Waals surface area contributed by atoms with Crippen molar-refractivity contribution in [3.63, 3.8) is 0 Å². The van der Waals surface area contributed by atoms with Crippen molar-refractivity contribution in [3.05, 3.63) is 11.8 Å². The molecule has 3 N–H and O–H groups in total. The van der Waals surface area contributed by atoms with Crippen LogP contribution in [-0.4, -0.2) is 70.9 Å².